The number of nitrogens with one attached hydrogen (secondary N) is 1. The smallest absolute Gasteiger partial charge is 0.226 e. The van der Waals surface area contributed by atoms with Gasteiger partial charge in [-0.1, -0.05) is 0 Å². The van der Waals surface area contributed by atoms with Crippen LogP contribution < -0.4 is 0 Å². The molecule has 3 aliphatic heterocycles. The quantitative estimate of drug-likeness (QED) is 0.915. The summed E-state index contributed by atoms with van der Waals surface area (Å²) in [6.07, 6.45) is 4.10. The average molecular weight is 356 g/mol. The number of rotatable bonds is 3. The largest absolute Gasteiger partial charge is 0.354 e. The van der Waals surface area contributed by atoms with Gasteiger partial charge in [0.2, 0.25) is 5.91 Å². The van der Waals surface area contributed by atoms with Gasteiger partial charge in [0.25, 0.3) is 0 Å². The Balaban J connectivity index is 1.41. The van der Waals surface area contributed by atoms with Crippen LogP contribution in [0, 0.1) is 5.82 Å². The maximum absolute atomic E-state index is 13.2. The second kappa shape index (κ2) is 5.89. The summed E-state index contributed by atoms with van der Waals surface area (Å²) in [5, 5.41) is 7.22. The highest BCUT2D eigenvalue weighted by Crippen LogP contribution is 2.45. The number of carbonyl (C=O) groups is 1. The summed E-state index contributed by atoms with van der Waals surface area (Å²) in [6, 6.07) is 6.50. The molecule has 136 valence electrons. The van der Waals surface area contributed by atoms with E-state index in [4.69, 9.17) is 4.74 Å². The van der Waals surface area contributed by atoms with Crippen molar-refractivity contribution in [1.82, 2.24) is 20.0 Å². The van der Waals surface area contributed by atoms with E-state index in [0.29, 0.717) is 13.0 Å². The molecule has 2 aromatic rings. The fourth-order valence-electron chi connectivity index (χ4n) is 4.74. The molecule has 1 amide bonds. The minimum atomic E-state index is -0.435. The van der Waals surface area contributed by atoms with Crippen molar-refractivity contribution in [1.29, 1.82) is 0 Å². The summed E-state index contributed by atoms with van der Waals surface area (Å²) in [6.45, 7) is 3.11. The summed E-state index contributed by atoms with van der Waals surface area (Å²) in [4.78, 5) is 16.7. The molecule has 5 rings (SSSR count). The first kappa shape index (κ1) is 16.0. The van der Waals surface area contributed by atoms with Crippen molar-refractivity contribution < 1.29 is 13.9 Å². The average Bonchev–Trinajstić information content (AvgIpc) is 3.31. The molecular formula is C19H21FN4O2. The van der Waals surface area contributed by atoms with E-state index in [0.717, 1.165) is 49.4 Å². The molecule has 26 heavy (non-hydrogen) atoms. The maximum atomic E-state index is 13.2. The van der Waals surface area contributed by atoms with E-state index in [2.05, 4.69) is 15.1 Å². The zero-order valence-corrected chi connectivity index (χ0v) is 14.4. The van der Waals surface area contributed by atoms with Gasteiger partial charge in [-0.05, 0) is 30.7 Å². The van der Waals surface area contributed by atoms with Gasteiger partial charge in [-0.15, -0.1) is 0 Å². The van der Waals surface area contributed by atoms with Crippen LogP contribution in [-0.2, 0) is 16.1 Å². The lowest BCUT2D eigenvalue weighted by Crippen LogP contribution is -2.56. The highest BCUT2D eigenvalue weighted by molar-refractivity contribution is 5.81. The van der Waals surface area contributed by atoms with Gasteiger partial charge in [0.1, 0.15) is 5.82 Å². The number of benzene rings is 1. The lowest BCUT2D eigenvalue weighted by Gasteiger charge is -2.42. The number of ether oxygens (including phenoxy) is 1. The van der Waals surface area contributed by atoms with Crippen molar-refractivity contribution in [3.05, 3.63) is 41.8 Å². The van der Waals surface area contributed by atoms with E-state index in [-0.39, 0.29) is 17.8 Å². The van der Waals surface area contributed by atoms with Gasteiger partial charge in [-0.2, -0.15) is 5.10 Å². The number of carbonyl (C=O) groups excluding carboxylic acids is 1. The zero-order chi connectivity index (χ0) is 17.7. The molecule has 0 radical (unpaired) electrons. The topological polar surface area (TPSA) is 61.5 Å². The summed E-state index contributed by atoms with van der Waals surface area (Å²) in [5.41, 5.74) is 2.42. The van der Waals surface area contributed by atoms with Gasteiger partial charge in [0.05, 0.1) is 24.5 Å². The van der Waals surface area contributed by atoms with E-state index in [1.807, 2.05) is 11.1 Å². The minimum absolute atomic E-state index is 0.0891. The highest BCUT2D eigenvalue weighted by atomic mass is 19.1. The number of aromatic amines is 1. The van der Waals surface area contributed by atoms with Crippen LogP contribution in [0.4, 0.5) is 4.39 Å². The Morgan fingerprint density at radius 2 is 2.15 bits per heavy atom. The normalized spacial score (nSPS) is 28.4. The molecule has 3 fully saturated rings. The second-order valence-electron chi connectivity index (χ2n) is 7.31. The first-order valence-corrected chi connectivity index (χ1v) is 9.14. The van der Waals surface area contributed by atoms with E-state index >= 15 is 0 Å². The van der Waals surface area contributed by atoms with E-state index < -0.39 is 5.72 Å². The van der Waals surface area contributed by atoms with Crippen LogP contribution in [0.3, 0.4) is 0 Å². The van der Waals surface area contributed by atoms with Gasteiger partial charge in [0, 0.05) is 43.6 Å². The van der Waals surface area contributed by atoms with Crippen molar-refractivity contribution in [2.24, 2.45) is 0 Å². The first-order chi connectivity index (χ1) is 12.7. The Bertz CT molecular complexity index is 836. The molecule has 6 nitrogen and oxygen atoms in total. The third kappa shape index (κ3) is 2.30. The molecular weight excluding hydrogens is 335 g/mol. The Morgan fingerprint density at radius 3 is 3.00 bits per heavy atom. The molecule has 0 unspecified atom stereocenters. The molecule has 2 atom stereocenters. The zero-order valence-electron chi connectivity index (χ0n) is 14.4. The van der Waals surface area contributed by atoms with Crippen molar-refractivity contribution >= 4 is 5.91 Å². The number of H-pyrrole nitrogens is 1. The maximum Gasteiger partial charge on any atom is 0.226 e. The lowest BCUT2D eigenvalue weighted by molar-refractivity contribution is -0.180. The molecule has 1 aromatic heterocycles. The molecule has 3 aliphatic rings. The van der Waals surface area contributed by atoms with Crippen molar-refractivity contribution in [3.8, 4) is 11.3 Å². The van der Waals surface area contributed by atoms with Crippen LogP contribution in [0.1, 0.15) is 24.8 Å². The van der Waals surface area contributed by atoms with Crippen molar-refractivity contribution in [2.75, 3.05) is 19.7 Å². The molecule has 0 aliphatic carbocycles. The van der Waals surface area contributed by atoms with Crippen LogP contribution >= 0.6 is 0 Å². The standard InChI is InChI=1S/C19H21FN4O2/c20-15-4-2-13(3-5-15)18-14(11-21-22-18)12-23-8-6-19-16(23)10-17(25)24(19)7-1-9-26-19/h2-5,11,16H,1,6-10,12H2,(H,21,22)/t16-,19+/m1/s1. The SMILES string of the molecule is O=C1C[C@H]2N(Cc3cn[nH]c3-c3ccc(F)cc3)CC[C@]23OCCCN13. The van der Waals surface area contributed by atoms with Gasteiger partial charge in [-0.25, -0.2) is 4.39 Å². The van der Waals surface area contributed by atoms with Gasteiger partial charge in [-0.3, -0.25) is 14.8 Å². The number of hydrogen-bond acceptors (Lipinski definition) is 4. The van der Waals surface area contributed by atoms with Crippen LogP contribution in [0.15, 0.2) is 30.5 Å². The third-order valence-corrected chi connectivity index (χ3v) is 5.95. The van der Waals surface area contributed by atoms with Gasteiger partial charge >= 0.3 is 0 Å². The summed E-state index contributed by atoms with van der Waals surface area (Å²) in [5.74, 6) is -0.0549. The summed E-state index contributed by atoms with van der Waals surface area (Å²) < 4.78 is 19.4. The molecule has 0 bridgehead atoms. The van der Waals surface area contributed by atoms with Crippen LogP contribution in [0.2, 0.25) is 0 Å². The Labute approximate surface area is 150 Å². The molecule has 4 heterocycles. The monoisotopic (exact) mass is 356 g/mol. The fourth-order valence-corrected chi connectivity index (χ4v) is 4.74. The predicted molar refractivity (Wildman–Crippen MR) is 92.4 cm³/mol. The fraction of sp³-hybridized carbons (Fsp3) is 0.474. The molecule has 0 saturated carbocycles. The summed E-state index contributed by atoms with van der Waals surface area (Å²) in [7, 11) is 0. The lowest BCUT2D eigenvalue weighted by atomic mass is 10.0. The number of halogens is 1. The van der Waals surface area contributed by atoms with Gasteiger partial charge < -0.3 is 9.64 Å². The predicted octanol–water partition coefficient (Wildman–Crippen LogP) is 2.14. The molecule has 1 aromatic carbocycles. The molecule has 3 saturated heterocycles. The Morgan fingerprint density at radius 1 is 1.31 bits per heavy atom. The van der Waals surface area contributed by atoms with Crippen molar-refractivity contribution in [3.63, 3.8) is 0 Å². The first-order valence-electron chi connectivity index (χ1n) is 9.14. The number of aromatic nitrogens is 2. The number of amides is 1. The molecule has 1 spiro atoms. The second-order valence-corrected chi connectivity index (χ2v) is 7.31. The van der Waals surface area contributed by atoms with Crippen LogP contribution in [0.25, 0.3) is 11.3 Å². The highest BCUT2D eigenvalue weighted by Gasteiger charge is 2.60. The molecule has 7 heteroatoms. The number of hydrogen-bond donors (Lipinski definition) is 1. The van der Waals surface area contributed by atoms with Crippen LogP contribution in [-0.4, -0.2) is 57.4 Å². The third-order valence-electron chi connectivity index (χ3n) is 5.95. The number of nitrogens with zero attached hydrogens (tertiary/aromatic N) is 3. The van der Waals surface area contributed by atoms with Crippen molar-refractivity contribution in [2.45, 2.75) is 37.6 Å². The van der Waals surface area contributed by atoms with E-state index in [9.17, 15) is 9.18 Å². The van der Waals surface area contributed by atoms with Crippen LogP contribution in [0.5, 0.6) is 0 Å². The molecule has 1 N–H and O–H groups in total. The van der Waals surface area contributed by atoms with E-state index in [1.165, 1.54) is 12.1 Å². The van der Waals surface area contributed by atoms with Gasteiger partial charge in [0.15, 0.2) is 5.72 Å². The Hall–Kier alpha value is -2.25. The summed E-state index contributed by atoms with van der Waals surface area (Å²) >= 11 is 0. The Kier molecular flexibility index (Phi) is 3.62. The van der Waals surface area contributed by atoms with E-state index in [1.54, 1.807) is 12.1 Å². The number of likely N-dealkylation sites (tertiary alicyclic amines) is 1. The minimum Gasteiger partial charge on any atom is -0.354 e.